The summed E-state index contributed by atoms with van der Waals surface area (Å²) in [5.74, 6) is -0.0621. The van der Waals surface area contributed by atoms with Crippen molar-refractivity contribution in [3.8, 4) is 11.1 Å². The summed E-state index contributed by atoms with van der Waals surface area (Å²) in [4.78, 5) is 4.26. The summed E-state index contributed by atoms with van der Waals surface area (Å²) >= 11 is -1.80. The highest BCUT2D eigenvalue weighted by Crippen LogP contribution is 2.31. The molecule has 2 atom stereocenters. The number of benzene rings is 2. The third-order valence-electron chi connectivity index (χ3n) is 4.49. The van der Waals surface area contributed by atoms with Gasteiger partial charge in [-0.25, -0.2) is 13.6 Å². The summed E-state index contributed by atoms with van der Waals surface area (Å²) in [6, 6.07) is 14.6. The molecule has 0 aliphatic rings. The normalized spacial score (nSPS) is 13.4. The lowest BCUT2D eigenvalue weighted by Gasteiger charge is -2.20. The molecule has 1 heterocycles. The van der Waals surface area contributed by atoms with Gasteiger partial charge in [0, 0.05) is 19.3 Å². The van der Waals surface area contributed by atoms with Gasteiger partial charge in [0.1, 0.15) is 5.82 Å². The van der Waals surface area contributed by atoms with Crippen molar-refractivity contribution in [2.75, 3.05) is 12.3 Å². The molecule has 2 unspecified atom stereocenters. The van der Waals surface area contributed by atoms with Gasteiger partial charge in [0.05, 0.1) is 23.8 Å². The summed E-state index contributed by atoms with van der Waals surface area (Å²) in [6.07, 6.45) is 3.58. The van der Waals surface area contributed by atoms with Gasteiger partial charge in [0.2, 0.25) is 0 Å². The number of aromatic nitrogens is 2. The first kappa shape index (κ1) is 19.4. The summed E-state index contributed by atoms with van der Waals surface area (Å²) in [7, 11) is 0. The first-order valence-electron chi connectivity index (χ1n) is 8.70. The van der Waals surface area contributed by atoms with Crippen LogP contribution in [0.3, 0.4) is 0 Å². The van der Waals surface area contributed by atoms with Crippen LogP contribution < -0.4 is 5.32 Å². The highest BCUT2D eigenvalue weighted by atomic mass is 32.2. The maximum absolute atomic E-state index is 13.3. The van der Waals surface area contributed by atoms with Crippen LogP contribution in [0.5, 0.6) is 0 Å². The summed E-state index contributed by atoms with van der Waals surface area (Å²) in [5, 5.41) is 3.16. The van der Waals surface area contributed by atoms with Crippen LogP contribution in [0.15, 0.2) is 61.1 Å². The summed E-state index contributed by atoms with van der Waals surface area (Å²) in [5.41, 5.74) is 4.11. The third kappa shape index (κ3) is 4.88. The molecule has 0 saturated heterocycles. The molecular weight excluding hydrogens is 365 g/mol. The number of rotatable bonds is 8. The van der Waals surface area contributed by atoms with E-state index in [-0.39, 0.29) is 17.6 Å². The second kappa shape index (κ2) is 9.03. The summed E-state index contributed by atoms with van der Waals surface area (Å²) < 4.78 is 34.9. The van der Waals surface area contributed by atoms with Gasteiger partial charge in [0.15, 0.2) is 11.1 Å². The zero-order valence-corrected chi connectivity index (χ0v) is 15.8. The molecule has 3 rings (SSSR count). The largest absolute Gasteiger partial charge is 0.326 e. The Morgan fingerprint density at radius 1 is 1.22 bits per heavy atom. The molecule has 142 valence electrons. The number of nitrogens with zero attached hydrogens (tertiary/aromatic N) is 2. The van der Waals surface area contributed by atoms with Gasteiger partial charge in [-0.2, -0.15) is 0 Å². The molecule has 0 bridgehead atoms. The minimum Gasteiger partial charge on any atom is -0.326 e. The van der Waals surface area contributed by atoms with Crippen LogP contribution in [0.25, 0.3) is 11.1 Å². The van der Waals surface area contributed by atoms with Crippen LogP contribution in [0, 0.1) is 5.82 Å². The van der Waals surface area contributed by atoms with Crippen LogP contribution >= 0.6 is 0 Å². The fourth-order valence-corrected chi connectivity index (χ4v) is 3.42. The standard InChI is InChI=1S/C20H22FN3O2S/c1-15(24-14-23-13-18(24)12-22-10-11-27(25)26)19-4-2-3-5-20(19)16-6-8-17(21)9-7-16/h2-9,13-15,22H,10-12H2,1H3,(H,25,26). The predicted octanol–water partition coefficient (Wildman–Crippen LogP) is 3.61. The molecule has 0 fully saturated rings. The Bertz CT molecular complexity index is 912. The Morgan fingerprint density at radius 3 is 2.70 bits per heavy atom. The lowest BCUT2D eigenvalue weighted by atomic mass is 9.95. The van der Waals surface area contributed by atoms with Crippen LogP contribution in [-0.2, 0) is 17.6 Å². The van der Waals surface area contributed by atoms with Crippen LogP contribution in [0.1, 0.15) is 24.2 Å². The van der Waals surface area contributed by atoms with Crippen LogP contribution in [0.4, 0.5) is 4.39 Å². The van der Waals surface area contributed by atoms with Gasteiger partial charge < -0.3 is 14.4 Å². The Labute approximate surface area is 160 Å². The molecule has 27 heavy (non-hydrogen) atoms. The molecule has 3 aromatic rings. The van der Waals surface area contributed by atoms with E-state index in [0.717, 1.165) is 22.4 Å². The van der Waals surface area contributed by atoms with Gasteiger partial charge in [-0.15, -0.1) is 0 Å². The molecule has 5 nitrogen and oxygen atoms in total. The lowest BCUT2D eigenvalue weighted by molar-refractivity contribution is 0.554. The molecule has 0 radical (unpaired) electrons. The molecule has 2 N–H and O–H groups in total. The minimum absolute atomic E-state index is 0.0255. The average Bonchev–Trinajstić information content (AvgIpc) is 3.14. The van der Waals surface area contributed by atoms with E-state index >= 15 is 0 Å². The van der Waals surface area contributed by atoms with Crippen LogP contribution in [0.2, 0.25) is 0 Å². The highest BCUT2D eigenvalue weighted by Gasteiger charge is 2.16. The van der Waals surface area contributed by atoms with Gasteiger partial charge in [-0.3, -0.25) is 0 Å². The SMILES string of the molecule is CC(c1ccccc1-c1ccc(F)cc1)n1cncc1CNCCS(=O)O. The minimum atomic E-state index is -1.80. The monoisotopic (exact) mass is 387 g/mol. The van der Waals surface area contributed by atoms with Crippen molar-refractivity contribution in [1.82, 2.24) is 14.9 Å². The fraction of sp³-hybridized carbons (Fsp3) is 0.250. The van der Waals surface area contributed by atoms with E-state index in [1.807, 2.05) is 18.2 Å². The molecule has 0 spiro atoms. The Morgan fingerprint density at radius 2 is 1.96 bits per heavy atom. The fourth-order valence-electron chi connectivity index (χ4n) is 3.10. The van der Waals surface area contributed by atoms with Crippen molar-refractivity contribution < 1.29 is 13.2 Å². The molecule has 7 heteroatoms. The number of hydrogen-bond acceptors (Lipinski definition) is 3. The molecule has 2 aromatic carbocycles. The molecule has 0 aliphatic heterocycles. The van der Waals surface area contributed by atoms with Crippen molar-refractivity contribution in [2.24, 2.45) is 0 Å². The maximum atomic E-state index is 13.3. The maximum Gasteiger partial charge on any atom is 0.154 e. The van der Waals surface area contributed by atoms with Crippen molar-refractivity contribution in [1.29, 1.82) is 0 Å². The Kier molecular flexibility index (Phi) is 6.49. The zero-order valence-electron chi connectivity index (χ0n) is 15.0. The smallest absolute Gasteiger partial charge is 0.154 e. The lowest BCUT2D eigenvalue weighted by Crippen LogP contribution is -2.22. The number of imidazole rings is 1. The molecule has 1 aromatic heterocycles. The molecule has 0 saturated carbocycles. The van der Waals surface area contributed by atoms with E-state index in [9.17, 15) is 8.60 Å². The van der Waals surface area contributed by atoms with E-state index in [4.69, 9.17) is 4.55 Å². The van der Waals surface area contributed by atoms with E-state index in [1.165, 1.54) is 12.1 Å². The molecule has 0 amide bonds. The Hall–Kier alpha value is -2.35. The molecule has 0 aliphatic carbocycles. The van der Waals surface area contributed by atoms with Gasteiger partial charge in [-0.05, 0) is 35.7 Å². The number of nitrogens with one attached hydrogen (secondary N) is 1. The second-order valence-corrected chi connectivity index (χ2v) is 7.32. The van der Waals surface area contributed by atoms with E-state index < -0.39 is 11.1 Å². The topological polar surface area (TPSA) is 67.2 Å². The number of hydrogen-bond donors (Lipinski definition) is 2. The van der Waals surface area contributed by atoms with E-state index in [0.29, 0.717) is 13.1 Å². The summed E-state index contributed by atoms with van der Waals surface area (Å²) in [6.45, 7) is 3.10. The highest BCUT2D eigenvalue weighted by molar-refractivity contribution is 7.79. The first-order valence-corrected chi connectivity index (χ1v) is 9.97. The Balaban J connectivity index is 1.83. The first-order chi connectivity index (χ1) is 13.1. The third-order valence-corrected chi connectivity index (χ3v) is 5.04. The van der Waals surface area contributed by atoms with E-state index in [1.54, 1.807) is 24.7 Å². The van der Waals surface area contributed by atoms with Crippen LogP contribution in [-0.4, -0.2) is 30.6 Å². The quantitative estimate of drug-likeness (QED) is 0.458. The number of halogens is 1. The van der Waals surface area contributed by atoms with Gasteiger partial charge >= 0.3 is 0 Å². The second-order valence-electron chi connectivity index (χ2n) is 6.26. The van der Waals surface area contributed by atoms with Crippen molar-refractivity contribution in [3.05, 3.63) is 78.1 Å². The van der Waals surface area contributed by atoms with Crippen molar-refractivity contribution in [3.63, 3.8) is 0 Å². The average molecular weight is 387 g/mol. The van der Waals surface area contributed by atoms with Gasteiger partial charge in [-0.1, -0.05) is 36.4 Å². The van der Waals surface area contributed by atoms with Crippen molar-refractivity contribution in [2.45, 2.75) is 19.5 Å². The van der Waals surface area contributed by atoms with Gasteiger partial charge in [0.25, 0.3) is 0 Å². The predicted molar refractivity (Wildman–Crippen MR) is 105 cm³/mol. The van der Waals surface area contributed by atoms with Crippen molar-refractivity contribution >= 4 is 11.1 Å². The van der Waals surface area contributed by atoms with E-state index in [2.05, 4.69) is 27.9 Å². The molecular formula is C20H22FN3O2S. The zero-order chi connectivity index (χ0) is 19.2.